The van der Waals surface area contributed by atoms with E-state index in [1.165, 1.54) is 0 Å². The zero-order valence-electron chi connectivity index (χ0n) is 11.1. The number of sulfone groups is 1. The highest BCUT2D eigenvalue weighted by Crippen LogP contribution is 2.05. The van der Waals surface area contributed by atoms with Crippen LogP contribution in [0.2, 0.25) is 0 Å². The van der Waals surface area contributed by atoms with E-state index in [4.69, 9.17) is 14.2 Å². The Kier molecular flexibility index (Phi) is 7.29. The first-order valence-corrected chi connectivity index (χ1v) is 8.02. The van der Waals surface area contributed by atoms with Gasteiger partial charge in [-0.05, 0) is 0 Å². The Balaban J connectivity index is 2.10. The van der Waals surface area contributed by atoms with E-state index in [9.17, 15) is 13.2 Å². The van der Waals surface area contributed by atoms with Crippen molar-refractivity contribution in [3.05, 3.63) is 0 Å². The highest BCUT2D eigenvalue weighted by Gasteiger charge is 2.26. The fourth-order valence-electron chi connectivity index (χ4n) is 1.72. The van der Waals surface area contributed by atoms with Crippen molar-refractivity contribution in [2.24, 2.45) is 0 Å². The smallest absolute Gasteiger partial charge is 0.307 e. The highest BCUT2D eigenvalue weighted by molar-refractivity contribution is 7.91. The van der Waals surface area contributed by atoms with Gasteiger partial charge in [0.25, 0.3) is 0 Å². The maximum absolute atomic E-state index is 11.5. The molecular formula is C11H21NO6S. The van der Waals surface area contributed by atoms with Gasteiger partial charge in [0.05, 0.1) is 37.7 Å². The van der Waals surface area contributed by atoms with Gasteiger partial charge in [0.2, 0.25) is 0 Å². The van der Waals surface area contributed by atoms with Gasteiger partial charge in [0, 0.05) is 19.7 Å². The van der Waals surface area contributed by atoms with Crippen LogP contribution in [0.5, 0.6) is 0 Å². The monoisotopic (exact) mass is 295 g/mol. The number of rotatable bonds is 8. The van der Waals surface area contributed by atoms with Crippen LogP contribution in [-0.2, 0) is 28.8 Å². The van der Waals surface area contributed by atoms with Crippen LogP contribution in [0, 0.1) is 0 Å². The van der Waals surface area contributed by atoms with Crippen LogP contribution in [0.3, 0.4) is 0 Å². The minimum Gasteiger partial charge on any atom is -0.463 e. The van der Waals surface area contributed by atoms with Crippen molar-refractivity contribution >= 4 is 15.8 Å². The number of methoxy groups -OCH3 is 1. The molecule has 1 fully saturated rings. The van der Waals surface area contributed by atoms with Gasteiger partial charge in [0.15, 0.2) is 9.84 Å². The van der Waals surface area contributed by atoms with Gasteiger partial charge < -0.3 is 19.5 Å². The summed E-state index contributed by atoms with van der Waals surface area (Å²) >= 11 is 0. The molecule has 0 saturated carbocycles. The predicted octanol–water partition coefficient (Wildman–Crippen LogP) is -1.03. The Labute approximate surface area is 113 Å². The van der Waals surface area contributed by atoms with Crippen molar-refractivity contribution < 1.29 is 27.4 Å². The molecule has 0 aromatic carbocycles. The molecule has 1 aliphatic rings. The third-order valence-corrected chi connectivity index (χ3v) is 4.37. The molecule has 0 aromatic heterocycles. The Morgan fingerprint density at radius 1 is 1.26 bits per heavy atom. The van der Waals surface area contributed by atoms with Gasteiger partial charge in [-0.15, -0.1) is 0 Å². The molecule has 112 valence electrons. The van der Waals surface area contributed by atoms with Crippen LogP contribution in [0.1, 0.15) is 6.42 Å². The minimum atomic E-state index is -3.02. The molecule has 0 spiro atoms. The number of esters is 1. The van der Waals surface area contributed by atoms with E-state index in [2.05, 4.69) is 5.32 Å². The van der Waals surface area contributed by atoms with Gasteiger partial charge in [-0.2, -0.15) is 0 Å². The topological polar surface area (TPSA) is 90.9 Å². The molecule has 7 nitrogen and oxygen atoms in total. The van der Waals surface area contributed by atoms with E-state index in [1.807, 2.05) is 0 Å². The number of nitrogens with one attached hydrogen (secondary N) is 1. The predicted molar refractivity (Wildman–Crippen MR) is 68.7 cm³/mol. The second-order valence-corrected chi connectivity index (χ2v) is 6.52. The van der Waals surface area contributed by atoms with E-state index in [-0.39, 0.29) is 30.6 Å². The Morgan fingerprint density at radius 2 is 2.00 bits per heavy atom. The number of hydrogen-bond donors (Lipinski definition) is 1. The van der Waals surface area contributed by atoms with Crippen molar-refractivity contribution in [1.82, 2.24) is 5.32 Å². The van der Waals surface area contributed by atoms with Gasteiger partial charge in [0.1, 0.15) is 6.61 Å². The van der Waals surface area contributed by atoms with Crippen LogP contribution < -0.4 is 5.32 Å². The standard InChI is InChI=1S/C11H21NO6S/c1-16-3-4-17-5-6-18-11(13)8-10-9-19(14,15)7-2-12-10/h10,12H,2-9H2,1H3. The highest BCUT2D eigenvalue weighted by atomic mass is 32.2. The Hall–Kier alpha value is -0.700. The van der Waals surface area contributed by atoms with Crippen LogP contribution in [0.15, 0.2) is 0 Å². The van der Waals surface area contributed by atoms with Crippen molar-refractivity contribution in [3.8, 4) is 0 Å². The maximum Gasteiger partial charge on any atom is 0.307 e. The van der Waals surface area contributed by atoms with Gasteiger partial charge in [-0.25, -0.2) is 8.42 Å². The molecule has 0 aliphatic carbocycles. The first-order valence-electron chi connectivity index (χ1n) is 6.19. The lowest BCUT2D eigenvalue weighted by Crippen LogP contribution is -2.46. The minimum absolute atomic E-state index is 0.00750. The molecule has 1 saturated heterocycles. The number of hydrogen-bond acceptors (Lipinski definition) is 7. The lowest BCUT2D eigenvalue weighted by atomic mass is 10.2. The summed E-state index contributed by atoms with van der Waals surface area (Å²) in [6.07, 6.45) is 0.0668. The van der Waals surface area contributed by atoms with E-state index >= 15 is 0 Å². The molecule has 1 aliphatic heterocycles. The SMILES string of the molecule is COCCOCCOC(=O)CC1CS(=O)(=O)CCN1. The third kappa shape index (κ3) is 7.46. The molecule has 0 aromatic rings. The van der Waals surface area contributed by atoms with E-state index in [0.717, 1.165) is 0 Å². The molecule has 19 heavy (non-hydrogen) atoms. The molecule has 1 unspecified atom stereocenters. The van der Waals surface area contributed by atoms with E-state index in [1.54, 1.807) is 7.11 Å². The molecule has 0 radical (unpaired) electrons. The average Bonchev–Trinajstić information content (AvgIpc) is 2.32. The van der Waals surface area contributed by atoms with Gasteiger partial charge in [-0.1, -0.05) is 0 Å². The molecular weight excluding hydrogens is 274 g/mol. The molecule has 0 bridgehead atoms. The number of carbonyl (C=O) groups excluding carboxylic acids is 1. The zero-order chi connectivity index (χ0) is 14.1. The van der Waals surface area contributed by atoms with Crippen LogP contribution in [0.4, 0.5) is 0 Å². The van der Waals surface area contributed by atoms with Crippen molar-refractivity contribution in [1.29, 1.82) is 0 Å². The molecule has 1 atom stereocenters. The summed E-state index contributed by atoms with van der Waals surface area (Å²) in [6, 6.07) is -0.347. The second kappa shape index (κ2) is 8.47. The van der Waals surface area contributed by atoms with Gasteiger partial charge >= 0.3 is 5.97 Å². The number of ether oxygens (including phenoxy) is 3. The van der Waals surface area contributed by atoms with Crippen molar-refractivity contribution in [3.63, 3.8) is 0 Å². The average molecular weight is 295 g/mol. The molecule has 8 heteroatoms. The molecule has 0 amide bonds. The molecule has 1 N–H and O–H groups in total. The largest absolute Gasteiger partial charge is 0.463 e. The van der Waals surface area contributed by atoms with Crippen LogP contribution in [0.25, 0.3) is 0 Å². The normalized spacial score (nSPS) is 22.1. The van der Waals surface area contributed by atoms with Gasteiger partial charge in [-0.3, -0.25) is 4.79 Å². The summed E-state index contributed by atoms with van der Waals surface area (Å²) in [7, 11) is -1.44. The van der Waals surface area contributed by atoms with Crippen LogP contribution >= 0.6 is 0 Å². The summed E-state index contributed by atoms with van der Waals surface area (Å²) in [5.41, 5.74) is 0. The summed E-state index contributed by atoms with van der Waals surface area (Å²) in [5, 5.41) is 3.00. The summed E-state index contributed by atoms with van der Waals surface area (Å²) < 4.78 is 37.6. The lowest BCUT2D eigenvalue weighted by Gasteiger charge is -2.22. The van der Waals surface area contributed by atoms with Crippen LogP contribution in [-0.4, -0.2) is 72.0 Å². The summed E-state index contributed by atoms with van der Waals surface area (Å²) in [6.45, 7) is 1.82. The lowest BCUT2D eigenvalue weighted by molar-refractivity contribution is -0.145. The molecule has 1 rings (SSSR count). The fourth-order valence-corrected chi connectivity index (χ4v) is 3.16. The quantitative estimate of drug-likeness (QED) is 0.452. The van der Waals surface area contributed by atoms with Crippen molar-refractivity contribution in [2.75, 3.05) is 51.6 Å². The summed E-state index contributed by atoms with van der Waals surface area (Å²) in [4.78, 5) is 11.5. The van der Waals surface area contributed by atoms with E-state index < -0.39 is 15.8 Å². The summed E-state index contributed by atoms with van der Waals surface area (Å²) in [5.74, 6) is -0.289. The maximum atomic E-state index is 11.5. The molecule has 1 heterocycles. The Morgan fingerprint density at radius 3 is 2.68 bits per heavy atom. The first-order chi connectivity index (χ1) is 9.03. The number of carbonyl (C=O) groups is 1. The zero-order valence-corrected chi connectivity index (χ0v) is 11.9. The third-order valence-electron chi connectivity index (χ3n) is 2.64. The fraction of sp³-hybridized carbons (Fsp3) is 0.909. The Bertz CT molecular complexity index is 369. The van der Waals surface area contributed by atoms with E-state index in [0.29, 0.717) is 26.4 Å². The first kappa shape index (κ1) is 16.4. The van der Waals surface area contributed by atoms with Crippen molar-refractivity contribution in [2.45, 2.75) is 12.5 Å². The second-order valence-electron chi connectivity index (χ2n) is 4.30.